The molecule has 1 unspecified atom stereocenters. The van der Waals surface area contributed by atoms with Crippen LogP contribution in [0.5, 0.6) is 11.5 Å². The lowest BCUT2D eigenvalue weighted by atomic mass is 9.96. The molecule has 1 atom stereocenters. The fourth-order valence-corrected chi connectivity index (χ4v) is 3.26. The van der Waals surface area contributed by atoms with Crippen LogP contribution in [0.2, 0.25) is 0 Å². The second kappa shape index (κ2) is 7.32. The largest absolute Gasteiger partial charge is 0.495 e. The first kappa shape index (κ1) is 18.2. The van der Waals surface area contributed by atoms with Crippen molar-refractivity contribution in [2.24, 2.45) is 0 Å². The van der Waals surface area contributed by atoms with Gasteiger partial charge in [-0.1, -0.05) is 6.07 Å². The maximum Gasteiger partial charge on any atom is 0.267 e. The Morgan fingerprint density at radius 1 is 1.19 bits per heavy atom. The maximum atomic E-state index is 13.4. The van der Waals surface area contributed by atoms with Gasteiger partial charge < -0.3 is 14.4 Å². The summed E-state index contributed by atoms with van der Waals surface area (Å²) in [7, 11) is 1.57. The van der Waals surface area contributed by atoms with Gasteiger partial charge in [0, 0.05) is 12.6 Å². The lowest BCUT2D eigenvalue weighted by Crippen LogP contribution is -2.43. The normalized spacial score (nSPS) is 14.6. The van der Waals surface area contributed by atoms with Crippen LogP contribution < -0.4 is 14.4 Å². The second-order valence-corrected chi connectivity index (χ2v) is 6.34. The van der Waals surface area contributed by atoms with Crippen LogP contribution in [0.4, 0.5) is 14.5 Å². The molecule has 4 nitrogen and oxygen atoms in total. The number of anilines is 1. The number of ether oxygens (including phenoxy) is 2. The van der Waals surface area contributed by atoms with Gasteiger partial charge in [-0.15, -0.1) is 0 Å². The third-order valence-electron chi connectivity index (χ3n) is 4.60. The Hall–Kier alpha value is -2.63. The highest BCUT2D eigenvalue weighted by Gasteiger charge is 2.30. The van der Waals surface area contributed by atoms with E-state index in [0.717, 1.165) is 41.8 Å². The van der Waals surface area contributed by atoms with E-state index in [0.29, 0.717) is 12.3 Å². The predicted octanol–water partition coefficient (Wildman–Crippen LogP) is 4.03. The molecule has 0 radical (unpaired) electrons. The molecule has 2 aromatic rings. The lowest BCUT2D eigenvalue weighted by molar-refractivity contribution is -0.124. The SMILES string of the molecule is COc1ccc(C)c2c1N(C(=O)C(C)Oc1ccc(F)c(F)c1)CCC2. The molecule has 1 heterocycles. The number of carbonyl (C=O) groups is 1. The minimum Gasteiger partial charge on any atom is -0.495 e. The smallest absolute Gasteiger partial charge is 0.267 e. The molecule has 2 aromatic carbocycles. The van der Waals surface area contributed by atoms with Crippen LogP contribution in [0.3, 0.4) is 0 Å². The molecule has 3 rings (SSSR count). The molecule has 0 aromatic heterocycles. The van der Waals surface area contributed by atoms with Crippen molar-refractivity contribution in [3.63, 3.8) is 0 Å². The fourth-order valence-electron chi connectivity index (χ4n) is 3.26. The van der Waals surface area contributed by atoms with Crippen LogP contribution in [0.25, 0.3) is 0 Å². The fraction of sp³-hybridized carbons (Fsp3) is 0.350. The summed E-state index contributed by atoms with van der Waals surface area (Å²) < 4.78 is 37.4. The number of aryl methyl sites for hydroxylation is 1. The van der Waals surface area contributed by atoms with E-state index < -0.39 is 17.7 Å². The molecule has 0 saturated carbocycles. The Kier molecular flexibility index (Phi) is 5.11. The van der Waals surface area contributed by atoms with Gasteiger partial charge in [-0.05, 0) is 56.0 Å². The molecule has 0 bridgehead atoms. The highest BCUT2D eigenvalue weighted by Crippen LogP contribution is 2.38. The highest BCUT2D eigenvalue weighted by molar-refractivity contribution is 5.99. The predicted molar refractivity (Wildman–Crippen MR) is 94.9 cm³/mol. The van der Waals surface area contributed by atoms with Gasteiger partial charge in [0.25, 0.3) is 5.91 Å². The summed E-state index contributed by atoms with van der Waals surface area (Å²) in [5.41, 5.74) is 2.96. The molecule has 138 valence electrons. The number of fused-ring (bicyclic) bond motifs is 1. The molecular weight excluding hydrogens is 340 g/mol. The van der Waals surface area contributed by atoms with Gasteiger partial charge in [0.05, 0.1) is 12.8 Å². The van der Waals surface area contributed by atoms with Gasteiger partial charge in [-0.25, -0.2) is 8.78 Å². The molecule has 6 heteroatoms. The van der Waals surface area contributed by atoms with Gasteiger partial charge in [0.2, 0.25) is 0 Å². The van der Waals surface area contributed by atoms with Gasteiger partial charge in [0.1, 0.15) is 11.5 Å². The molecule has 0 saturated heterocycles. The summed E-state index contributed by atoms with van der Waals surface area (Å²) >= 11 is 0. The number of methoxy groups -OCH3 is 1. The average Bonchev–Trinajstić information content (AvgIpc) is 2.64. The third kappa shape index (κ3) is 3.36. The zero-order chi connectivity index (χ0) is 18.8. The monoisotopic (exact) mass is 361 g/mol. The first-order valence-electron chi connectivity index (χ1n) is 8.52. The quantitative estimate of drug-likeness (QED) is 0.825. The summed E-state index contributed by atoms with van der Waals surface area (Å²) in [6.07, 6.45) is 0.863. The zero-order valence-electron chi connectivity index (χ0n) is 15.0. The molecule has 1 amide bonds. The van der Waals surface area contributed by atoms with E-state index >= 15 is 0 Å². The Bertz CT molecular complexity index is 838. The number of hydrogen-bond donors (Lipinski definition) is 0. The zero-order valence-corrected chi connectivity index (χ0v) is 15.0. The van der Waals surface area contributed by atoms with E-state index in [1.165, 1.54) is 6.07 Å². The van der Waals surface area contributed by atoms with E-state index in [1.54, 1.807) is 18.9 Å². The van der Waals surface area contributed by atoms with Crippen molar-refractivity contribution in [1.82, 2.24) is 0 Å². The van der Waals surface area contributed by atoms with Crippen LogP contribution in [0.15, 0.2) is 30.3 Å². The van der Waals surface area contributed by atoms with Crippen molar-refractivity contribution in [3.8, 4) is 11.5 Å². The number of halogens is 2. The standard InChI is InChI=1S/C20H21F2NO3/c1-12-6-9-18(25-3)19-15(12)5-4-10-23(19)20(24)13(2)26-14-7-8-16(21)17(22)11-14/h6-9,11,13H,4-5,10H2,1-3H3. The average molecular weight is 361 g/mol. The van der Waals surface area contributed by atoms with Crippen molar-refractivity contribution < 1.29 is 23.0 Å². The number of amides is 1. The Balaban J connectivity index is 1.87. The van der Waals surface area contributed by atoms with Crippen LogP contribution >= 0.6 is 0 Å². The summed E-state index contributed by atoms with van der Waals surface area (Å²) in [6.45, 7) is 4.16. The molecule has 0 aliphatic carbocycles. The van der Waals surface area contributed by atoms with E-state index in [1.807, 2.05) is 19.1 Å². The first-order valence-corrected chi connectivity index (χ1v) is 8.52. The van der Waals surface area contributed by atoms with E-state index in [2.05, 4.69) is 0 Å². The minimum absolute atomic E-state index is 0.109. The molecule has 0 spiro atoms. The van der Waals surface area contributed by atoms with Gasteiger partial charge in [-0.3, -0.25) is 4.79 Å². The summed E-state index contributed by atoms with van der Waals surface area (Å²) in [6, 6.07) is 7.04. The Morgan fingerprint density at radius 2 is 1.96 bits per heavy atom. The molecule has 26 heavy (non-hydrogen) atoms. The minimum atomic E-state index is -1.01. The number of nitrogens with zero attached hydrogens (tertiary/aromatic N) is 1. The molecule has 0 N–H and O–H groups in total. The number of hydrogen-bond acceptors (Lipinski definition) is 3. The first-order chi connectivity index (χ1) is 12.4. The molecule has 1 aliphatic rings. The van der Waals surface area contributed by atoms with Crippen LogP contribution in [-0.2, 0) is 11.2 Å². The van der Waals surface area contributed by atoms with Crippen LogP contribution in [0, 0.1) is 18.6 Å². The number of benzene rings is 2. The van der Waals surface area contributed by atoms with Crippen molar-refractivity contribution in [1.29, 1.82) is 0 Å². The summed E-state index contributed by atoms with van der Waals surface area (Å²) in [5, 5.41) is 0. The number of carbonyl (C=O) groups excluding carboxylic acids is 1. The molecule has 0 fully saturated rings. The third-order valence-corrected chi connectivity index (χ3v) is 4.60. The van der Waals surface area contributed by atoms with E-state index in [4.69, 9.17) is 9.47 Å². The van der Waals surface area contributed by atoms with Gasteiger partial charge in [0.15, 0.2) is 17.7 Å². The van der Waals surface area contributed by atoms with Crippen molar-refractivity contribution in [2.75, 3.05) is 18.6 Å². The number of rotatable bonds is 4. The summed E-state index contributed by atoms with van der Waals surface area (Å²) in [5.74, 6) is -1.47. The molecule has 1 aliphatic heterocycles. The second-order valence-electron chi connectivity index (χ2n) is 6.34. The van der Waals surface area contributed by atoms with Crippen LogP contribution in [-0.4, -0.2) is 25.7 Å². The van der Waals surface area contributed by atoms with E-state index in [9.17, 15) is 13.6 Å². The summed E-state index contributed by atoms with van der Waals surface area (Å²) in [4.78, 5) is 14.6. The topological polar surface area (TPSA) is 38.8 Å². The Labute approximate surface area is 151 Å². The van der Waals surface area contributed by atoms with Crippen LogP contribution in [0.1, 0.15) is 24.5 Å². The van der Waals surface area contributed by atoms with Gasteiger partial charge in [-0.2, -0.15) is 0 Å². The van der Waals surface area contributed by atoms with E-state index in [-0.39, 0.29) is 11.7 Å². The van der Waals surface area contributed by atoms with Crippen molar-refractivity contribution in [2.45, 2.75) is 32.8 Å². The highest BCUT2D eigenvalue weighted by atomic mass is 19.2. The van der Waals surface area contributed by atoms with Crippen molar-refractivity contribution in [3.05, 3.63) is 53.1 Å². The maximum absolute atomic E-state index is 13.4. The van der Waals surface area contributed by atoms with Gasteiger partial charge >= 0.3 is 0 Å². The lowest BCUT2D eigenvalue weighted by Gasteiger charge is -2.33. The molecular formula is C20H21F2NO3. The van der Waals surface area contributed by atoms with Crippen molar-refractivity contribution >= 4 is 11.6 Å². The Morgan fingerprint density at radius 3 is 2.65 bits per heavy atom.